The number of nitrogens with zero attached hydrogens (tertiary/aromatic N) is 1. The lowest BCUT2D eigenvalue weighted by Gasteiger charge is -2.28. The van der Waals surface area contributed by atoms with Crippen molar-refractivity contribution >= 4 is 81.2 Å². The van der Waals surface area contributed by atoms with Gasteiger partial charge in [-0.2, -0.15) is 44.8 Å². The molecule has 0 saturated carbocycles. The van der Waals surface area contributed by atoms with E-state index in [2.05, 4.69) is 49.3 Å². The standard InChI is InChI=1S/C12H12F6.C12H15F3.C12H18O.C11H11Cl2F3O.C11H11Cl2N.C11H13F3O.C10H10Cl2F2.C10H12ClF/c1-10(2,3)9-7(11(13,14)15)5-4-6-8(9)12(16,17)18;1-8-5-6-9(11(2,3)4)10(7-8)12(13,14)15;1-9-8-10(13-5)6-7-11(9)12(2,3)4;1-10(2,3)9-7(12)4-6(5-8(9)13)17-11(14,15)16;1-11(2,3)10-8(12)4-7(6-14)5-9(10)13;1-10(2,3)8-6-4-5-7-9(8)15-11(12,13)14;1-10(2,3)7-8(11)5(13)4-6(14)9(7)12;1-10(2,3)9-7(11)5-4-6-8(9)12/h4-6H,1-3H3;5-7H,1-4H3;6-8H,1-5H3;4-5H,1-3H3;4-5H,1-3H3;4-7H,1-3H3;4H,1-3H3;4-6H,1-3H3. The number of hydrogen-bond acceptors (Lipinski definition) is 4. The maximum Gasteiger partial charge on any atom is 0.573 e. The average molecular weight is 1820 g/mol. The van der Waals surface area contributed by atoms with E-state index in [1.54, 1.807) is 104 Å². The number of ether oxygens (including phenoxy) is 3. The van der Waals surface area contributed by atoms with Crippen LogP contribution in [0.15, 0.2) is 127 Å². The molecule has 0 atom stereocenters. The topological polar surface area (TPSA) is 51.5 Å². The molecule has 8 aromatic carbocycles. The first-order valence-electron chi connectivity index (χ1n) is 36.1. The molecule has 0 saturated heterocycles. The highest BCUT2D eigenvalue weighted by Crippen LogP contribution is 2.47. The maximum absolute atomic E-state index is 13.3. The third kappa shape index (κ3) is 35.5. The van der Waals surface area contributed by atoms with E-state index < -0.39 is 87.1 Å². The van der Waals surface area contributed by atoms with Gasteiger partial charge in [-0.1, -0.05) is 301 Å². The summed E-state index contributed by atoms with van der Waals surface area (Å²) >= 11 is 41.3. The smallest absolute Gasteiger partial charge is 0.497 e. The van der Waals surface area contributed by atoms with Gasteiger partial charge in [-0.15, -0.1) is 26.3 Å². The van der Waals surface area contributed by atoms with Gasteiger partial charge in [0.15, 0.2) is 0 Å². The normalized spacial score (nSPS) is 12.4. The van der Waals surface area contributed by atoms with Gasteiger partial charge in [-0.3, -0.25) is 0 Å². The van der Waals surface area contributed by atoms with Gasteiger partial charge >= 0.3 is 31.3 Å². The second-order valence-electron chi connectivity index (χ2n) is 35.2. The zero-order valence-electron chi connectivity index (χ0n) is 70.7. The number of rotatable bonds is 3. The Morgan fingerprint density at radius 2 is 0.653 bits per heavy atom. The molecule has 0 aliphatic heterocycles. The van der Waals surface area contributed by atoms with Gasteiger partial charge in [0.05, 0.1) is 45.5 Å². The van der Waals surface area contributed by atoms with Gasteiger partial charge in [-0.05, 0) is 169 Å². The molecule has 0 N–H and O–H groups in total. The van der Waals surface area contributed by atoms with Crippen LogP contribution in [0, 0.1) is 42.6 Å². The van der Waals surface area contributed by atoms with Gasteiger partial charge in [-0.25, -0.2) is 13.2 Å². The van der Waals surface area contributed by atoms with Gasteiger partial charge < -0.3 is 14.2 Å². The Labute approximate surface area is 718 Å². The minimum atomic E-state index is -4.80. The molecule has 0 bridgehead atoms. The summed E-state index contributed by atoms with van der Waals surface area (Å²) in [5.41, 5.74) is 0.293. The first-order chi connectivity index (χ1) is 52.7. The molecule has 0 aliphatic carbocycles. The van der Waals surface area contributed by atoms with E-state index in [1.165, 1.54) is 56.2 Å². The van der Waals surface area contributed by atoms with E-state index in [9.17, 15) is 79.0 Å². The van der Waals surface area contributed by atoms with Gasteiger partial charge in [0.2, 0.25) is 0 Å². The van der Waals surface area contributed by atoms with Gasteiger partial charge in [0.25, 0.3) is 0 Å². The van der Waals surface area contributed by atoms with Crippen molar-refractivity contribution in [2.24, 2.45) is 0 Å². The molecule has 29 heteroatoms. The summed E-state index contributed by atoms with van der Waals surface area (Å²) in [7, 11) is 1.70. The third-order valence-electron chi connectivity index (χ3n) is 16.4. The molecule has 0 aromatic heterocycles. The van der Waals surface area contributed by atoms with Crippen LogP contribution in [0.2, 0.25) is 35.2 Å². The number of benzene rings is 8. The van der Waals surface area contributed by atoms with Crippen LogP contribution in [0.5, 0.6) is 17.2 Å². The Kier molecular flexibility index (Phi) is 38.9. The molecule has 0 radical (unpaired) electrons. The number of methoxy groups -OCH3 is 1. The molecule has 4 nitrogen and oxygen atoms in total. The Bertz CT molecular complexity index is 4550. The van der Waals surface area contributed by atoms with Crippen molar-refractivity contribution < 1.29 is 93.2 Å². The van der Waals surface area contributed by atoms with Crippen LogP contribution in [0.1, 0.15) is 244 Å². The Hall–Kier alpha value is -6.58. The number of nitriles is 1. The minimum absolute atomic E-state index is 0.107. The molecule has 656 valence electrons. The number of alkyl halides is 15. The summed E-state index contributed by atoms with van der Waals surface area (Å²) in [4.78, 5) is 0. The van der Waals surface area contributed by atoms with E-state index in [4.69, 9.17) is 91.2 Å². The van der Waals surface area contributed by atoms with E-state index in [0.29, 0.717) is 72.2 Å². The highest BCUT2D eigenvalue weighted by atomic mass is 35.5. The first-order valence-corrected chi connectivity index (χ1v) is 38.7. The van der Waals surface area contributed by atoms with Crippen molar-refractivity contribution in [2.45, 2.75) is 255 Å². The molecule has 118 heavy (non-hydrogen) atoms. The van der Waals surface area contributed by atoms with Crippen LogP contribution in [-0.2, 0) is 61.8 Å². The molecule has 0 spiro atoms. The lowest BCUT2D eigenvalue weighted by Crippen LogP contribution is -2.25. The van der Waals surface area contributed by atoms with Crippen LogP contribution in [-0.4, -0.2) is 19.8 Å². The second-order valence-corrected chi connectivity index (χ2v) is 38.0. The molecule has 0 unspecified atom stereocenters. The van der Waals surface area contributed by atoms with E-state index in [0.717, 1.165) is 29.5 Å². The van der Waals surface area contributed by atoms with E-state index in [1.807, 2.05) is 95.2 Å². The Morgan fingerprint density at radius 3 is 0.975 bits per heavy atom. The average Bonchev–Trinajstić information content (AvgIpc) is 0.771. The third-order valence-corrected chi connectivity index (χ3v) is 18.6. The largest absolute Gasteiger partial charge is 0.573 e. The van der Waals surface area contributed by atoms with Crippen LogP contribution in [0.4, 0.5) is 79.0 Å². The Balaban J connectivity index is 0.000000676. The fourth-order valence-electron chi connectivity index (χ4n) is 11.5. The number of hydrogen-bond donors (Lipinski definition) is 0. The van der Waals surface area contributed by atoms with Crippen LogP contribution >= 0.6 is 81.2 Å². The number of aryl methyl sites for hydroxylation is 2. The van der Waals surface area contributed by atoms with Crippen molar-refractivity contribution in [3.05, 3.63) is 258 Å². The molecule has 0 fully saturated rings. The quantitative estimate of drug-likeness (QED) is 0.131. The minimum Gasteiger partial charge on any atom is -0.497 e. The zero-order valence-corrected chi connectivity index (χ0v) is 76.0. The molecule has 8 aromatic rings. The monoisotopic (exact) mass is 1820 g/mol. The van der Waals surface area contributed by atoms with Crippen LogP contribution in [0.25, 0.3) is 0 Å². The Morgan fingerprint density at radius 1 is 0.297 bits per heavy atom. The van der Waals surface area contributed by atoms with Crippen molar-refractivity contribution in [1.29, 1.82) is 5.26 Å². The fourth-order valence-corrected chi connectivity index (χ4v) is 15.0. The molecule has 0 heterocycles. The van der Waals surface area contributed by atoms with Crippen molar-refractivity contribution in [1.82, 2.24) is 0 Å². The van der Waals surface area contributed by atoms with Gasteiger partial charge in [0.1, 0.15) is 34.7 Å². The highest BCUT2D eigenvalue weighted by molar-refractivity contribution is 6.37. The maximum atomic E-state index is 13.3. The van der Waals surface area contributed by atoms with Crippen LogP contribution < -0.4 is 14.2 Å². The summed E-state index contributed by atoms with van der Waals surface area (Å²) in [5, 5.41) is 10.4. The molecular weight excluding hydrogens is 1720 g/mol. The molecule has 8 rings (SSSR count). The second kappa shape index (κ2) is 42.0. The molecular formula is C89H102Cl7F18NO3. The fraction of sp³-hybridized carbons (Fsp3) is 0.449. The van der Waals surface area contributed by atoms with E-state index >= 15 is 0 Å². The van der Waals surface area contributed by atoms with Crippen molar-refractivity contribution in [2.75, 3.05) is 7.11 Å². The van der Waals surface area contributed by atoms with Crippen molar-refractivity contribution in [3.63, 3.8) is 0 Å². The van der Waals surface area contributed by atoms with Crippen molar-refractivity contribution in [3.8, 4) is 23.3 Å². The summed E-state index contributed by atoms with van der Waals surface area (Å²) in [6.07, 6.45) is -23.3. The zero-order chi connectivity index (χ0) is 92.8. The first kappa shape index (κ1) is 109. The molecule has 0 aliphatic rings. The summed E-state index contributed by atoms with van der Waals surface area (Å²) in [5.74, 6) is -1.39. The highest BCUT2D eigenvalue weighted by Gasteiger charge is 2.44. The lowest BCUT2D eigenvalue weighted by atomic mass is 9.80. The SMILES string of the molecule is CC(C)(C)c1c(C(F)(F)F)cccc1C(F)(F)F.CC(C)(C)c1c(Cl)c(F)cc(F)c1Cl.CC(C)(C)c1c(Cl)cc(C#N)cc1Cl.CC(C)(C)c1c(Cl)cc(OC(F)(F)F)cc1Cl.CC(C)(C)c1c(F)cccc1Cl.CC(C)(C)c1ccccc1OC(F)(F)F.COc1ccc(C(C)(C)C)c(C)c1.Cc1ccc(C(C)(C)C)c(C(F)(F)F)c1. The molecule has 0 amide bonds. The lowest BCUT2D eigenvalue weighted by molar-refractivity contribution is -0.275. The summed E-state index contributed by atoms with van der Waals surface area (Å²) in [6.45, 7) is 48.2. The number of para-hydroxylation sites is 1. The summed E-state index contributed by atoms with van der Waals surface area (Å²) < 4.78 is 240. The van der Waals surface area contributed by atoms with Crippen LogP contribution in [0.3, 0.4) is 0 Å². The van der Waals surface area contributed by atoms with E-state index in [-0.39, 0.29) is 58.7 Å². The summed E-state index contributed by atoms with van der Waals surface area (Å²) in [6, 6.07) is 32.1. The predicted octanol–water partition coefficient (Wildman–Crippen LogP) is 34.2. The predicted molar refractivity (Wildman–Crippen MR) is 445 cm³/mol. The number of halogens is 25. The van der Waals surface area contributed by atoms with Gasteiger partial charge in [0, 0.05) is 42.3 Å².